The molecule has 21 heavy (non-hydrogen) atoms. The molecule has 0 fully saturated rings. The Kier molecular flexibility index (Phi) is 8.21. The monoisotopic (exact) mass is 311 g/mol. The molecule has 4 heteroatoms. The van der Waals surface area contributed by atoms with E-state index in [9.17, 15) is 4.79 Å². The van der Waals surface area contributed by atoms with Crippen molar-refractivity contribution < 1.29 is 9.53 Å². The molecule has 0 saturated carbocycles. The average molecular weight is 312 g/mol. The predicted octanol–water partition coefficient (Wildman–Crippen LogP) is 5.29. The first-order valence-electron chi connectivity index (χ1n) is 7.72. The number of nitrogens with one attached hydrogen (secondary N) is 1. The van der Waals surface area contributed by atoms with Crippen molar-refractivity contribution in [3.8, 4) is 0 Å². The van der Waals surface area contributed by atoms with Crippen LogP contribution in [-0.2, 0) is 4.74 Å². The molecule has 0 bridgehead atoms. The van der Waals surface area contributed by atoms with Gasteiger partial charge in [0.25, 0.3) is 0 Å². The molecule has 1 aromatic rings. The molecule has 1 aromatic carbocycles. The number of unbranched alkanes of at least 4 members (excludes halogenated alkanes) is 4. The summed E-state index contributed by atoms with van der Waals surface area (Å²) in [5.41, 5.74) is 1.27. The van der Waals surface area contributed by atoms with Crippen molar-refractivity contribution >= 4 is 23.3 Å². The fourth-order valence-corrected chi connectivity index (χ4v) is 2.49. The minimum absolute atomic E-state index is 0.300. The second kappa shape index (κ2) is 9.67. The molecule has 0 aromatic heterocycles. The van der Waals surface area contributed by atoms with Crippen LogP contribution in [0.4, 0.5) is 5.69 Å². The van der Waals surface area contributed by atoms with Gasteiger partial charge in [0.1, 0.15) is 0 Å². The highest BCUT2D eigenvalue weighted by Crippen LogP contribution is 2.23. The van der Waals surface area contributed by atoms with Gasteiger partial charge in [0.15, 0.2) is 0 Å². The fourth-order valence-electron chi connectivity index (χ4n) is 2.32. The van der Waals surface area contributed by atoms with Crippen LogP contribution < -0.4 is 5.32 Å². The Morgan fingerprint density at radius 2 is 2.00 bits per heavy atom. The van der Waals surface area contributed by atoms with Crippen LogP contribution in [0, 0.1) is 0 Å². The lowest BCUT2D eigenvalue weighted by atomic mass is 10.1. The fraction of sp³-hybridized carbons (Fsp3) is 0.588. The Morgan fingerprint density at radius 3 is 2.67 bits per heavy atom. The van der Waals surface area contributed by atoms with Gasteiger partial charge in [0.2, 0.25) is 0 Å². The summed E-state index contributed by atoms with van der Waals surface area (Å²) in [6, 6.07) is 5.48. The van der Waals surface area contributed by atoms with E-state index < -0.39 is 0 Å². The number of benzene rings is 1. The Hall–Kier alpha value is -1.22. The molecule has 0 amide bonds. The van der Waals surface area contributed by atoms with E-state index >= 15 is 0 Å². The summed E-state index contributed by atoms with van der Waals surface area (Å²) in [5.74, 6) is -0.343. The summed E-state index contributed by atoms with van der Waals surface area (Å²) in [4.78, 5) is 11.8. The summed E-state index contributed by atoms with van der Waals surface area (Å²) < 4.78 is 4.80. The SMILES string of the molecule is CCCCCCCC(C)Nc1cc(Cl)ccc1C(=O)OC. The van der Waals surface area contributed by atoms with E-state index in [1.165, 1.54) is 39.2 Å². The lowest BCUT2D eigenvalue weighted by molar-refractivity contribution is 0.0602. The van der Waals surface area contributed by atoms with E-state index in [1.54, 1.807) is 18.2 Å². The number of anilines is 1. The maximum atomic E-state index is 11.8. The highest BCUT2D eigenvalue weighted by atomic mass is 35.5. The van der Waals surface area contributed by atoms with Gasteiger partial charge in [-0.25, -0.2) is 4.79 Å². The van der Waals surface area contributed by atoms with E-state index in [1.807, 2.05) is 0 Å². The maximum absolute atomic E-state index is 11.8. The molecule has 0 spiro atoms. The standard InChI is InChI=1S/C17H26ClNO2/c1-4-5-6-7-8-9-13(2)19-16-12-14(18)10-11-15(16)17(20)21-3/h10-13,19H,4-9H2,1-3H3. The lowest BCUT2D eigenvalue weighted by Gasteiger charge is -2.17. The third-order valence-electron chi connectivity index (χ3n) is 3.53. The molecular weight excluding hydrogens is 286 g/mol. The number of hydrogen-bond acceptors (Lipinski definition) is 3. The average Bonchev–Trinajstić information content (AvgIpc) is 2.46. The van der Waals surface area contributed by atoms with Gasteiger partial charge >= 0.3 is 5.97 Å². The van der Waals surface area contributed by atoms with Crippen molar-refractivity contribution in [1.82, 2.24) is 0 Å². The zero-order valence-corrected chi connectivity index (χ0v) is 14.0. The van der Waals surface area contributed by atoms with Crippen LogP contribution in [0.1, 0.15) is 62.7 Å². The van der Waals surface area contributed by atoms with E-state index in [0.717, 1.165) is 12.1 Å². The van der Waals surface area contributed by atoms with Gasteiger partial charge in [-0.3, -0.25) is 0 Å². The zero-order valence-electron chi connectivity index (χ0n) is 13.2. The second-order valence-electron chi connectivity index (χ2n) is 5.43. The first-order chi connectivity index (χ1) is 10.1. The van der Waals surface area contributed by atoms with Crippen LogP contribution in [0.5, 0.6) is 0 Å². The molecule has 118 valence electrons. The van der Waals surface area contributed by atoms with Crippen LogP contribution in [-0.4, -0.2) is 19.1 Å². The number of rotatable bonds is 9. The van der Waals surface area contributed by atoms with Gasteiger partial charge in [0.05, 0.1) is 18.4 Å². The number of hydrogen-bond donors (Lipinski definition) is 1. The summed E-state index contributed by atoms with van der Waals surface area (Å²) >= 11 is 6.02. The molecule has 0 radical (unpaired) electrons. The predicted molar refractivity (Wildman–Crippen MR) is 89.3 cm³/mol. The molecule has 0 saturated heterocycles. The molecule has 1 atom stereocenters. The highest BCUT2D eigenvalue weighted by Gasteiger charge is 2.13. The minimum atomic E-state index is -0.343. The van der Waals surface area contributed by atoms with E-state index in [2.05, 4.69) is 19.2 Å². The summed E-state index contributed by atoms with van der Waals surface area (Å²) in [7, 11) is 1.39. The number of carbonyl (C=O) groups is 1. The van der Waals surface area contributed by atoms with Crippen LogP contribution in [0.3, 0.4) is 0 Å². The smallest absolute Gasteiger partial charge is 0.339 e. The van der Waals surface area contributed by atoms with Gasteiger partial charge in [0, 0.05) is 11.1 Å². The third-order valence-corrected chi connectivity index (χ3v) is 3.76. The molecule has 1 rings (SSSR count). The van der Waals surface area contributed by atoms with Crippen LogP contribution in [0.15, 0.2) is 18.2 Å². The number of halogens is 1. The number of ether oxygens (including phenoxy) is 1. The molecule has 1 N–H and O–H groups in total. The molecule has 0 aliphatic carbocycles. The molecule has 0 aliphatic heterocycles. The van der Waals surface area contributed by atoms with Crippen molar-refractivity contribution in [3.05, 3.63) is 28.8 Å². The lowest BCUT2D eigenvalue weighted by Crippen LogP contribution is -2.17. The van der Waals surface area contributed by atoms with Crippen LogP contribution in [0.2, 0.25) is 5.02 Å². The van der Waals surface area contributed by atoms with Crippen molar-refractivity contribution in [2.75, 3.05) is 12.4 Å². The van der Waals surface area contributed by atoms with E-state index in [4.69, 9.17) is 16.3 Å². The minimum Gasteiger partial charge on any atom is -0.465 e. The normalized spacial score (nSPS) is 12.0. The van der Waals surface area contributed by atoms with Crippen molar-refractivity contribution in [2.24, 2.45) is 0 Å². The Balaban J connectivity index is 2.56. The first kappa shape index (κ1) is 17.8. The third kappa shape index (κ3) is 6.38. The number of carbonyl (C=O) groups excluding carboxylic acids is 1. The summed E-state index contributed by atoms with van der Waals surface area (Å²) in [6.07, 6.45) is 7.41. The van der Waals surface area contributed by atoms with E-state index in [-0.39, 0.29) is 5.97 Å². The maximum Gasteiger partial charge on any atom is 0.339 e. The van der Waals surface area contributed by atoms with Crippen molar-refractivity contribution in [2.45, 2.75) is 58.4 Å². The van der Waals surface area contributed by atoms with Gasteiger partial charge in [-0.2, -0.15) is 0 Å². The van der Waals surface area contributed by atoms with Crippen molar-refractivity contribution in [1.29, 1.82) is 0 Å². The van der Waals surface area contributed by atoms with Gasteiger partial charge in [-0.15, -0.1) is 0 Å². The number of methoxy groups -OCH3 is 1. The Bertz CT molecular complexity index is 448. The molecule has 1 unspecified atom stereocenters. The Labute approximate surface area is 133 Å². The van der Waals surface area contributed by atoms with Gasteiger partial charge in [-0.05, 0) is 31.5 Å². The van der Waals surface area contributed by atoms with Crippen LogP contribution >= 0.6 is 11.6 Å². The molecule has 3 nitrogen and oxygen atoms in total. The summed E-state index contributed by atoms with van der Waals surface area (Å²) in [6.45, 7) is 4.35. The largest absolute Gasteiger partial charge is 0.465 e. The topological polar surface area (TPSA) is 38.3 Å². The quantitative estimate of drug-likeness (QED) is 0.497. The zero-order chi connectivity index (χ0) is 15.7. The number of esters is 1. The summed E-state index contributed by atoms with van der Waals surface area (Å²) in [5, 5.41) is 3.98. The van der Waals surface area contributed by atoms with E-state index in [0.29, 0.717) is 16.6 Å². The van der Waals surface area contributed by atoms with Gasteiger partial charge < -0.3 is 10.1 Å². The molecule has 0 heterocycles. The molecule has 0 aliphatic rings. The second-order valence-corrected chi connectivity index (χ2v) is 5.87. The Morgan fingerprint density at radius 1 is 1.29 bits per heavy atom. The first-order valence-corrected chi connectivity index (χ1v) is 8.10. The van der Waals surface area contributed by atoms with Gasteiger partial charge in [-0.1, -0.05) is 50.6 Å². The molecular formula is C17H26ClNO2. The van der Waals surface area contributed by atoms with Crippen LogP contribution in [0.25, 0.3) is 0 Å². The van der Waals surface area contributed by atoms with Crippen molar-refractivity contribution in [3.63, 3.8) is 0 Å². The highest BCUT2D eigenvalue weighted by molar-refractivity contribution is 6.31.